The highest BCUT2D eigenvalue weighted by Gasteiger charge is 2.51. The van der Waals surface area contributed by atoms with Crippen molar-refractivity contribution in [3.8, 4) is 16.9 Å². The van der Waals surface area contributed by atoms with Gasteiger partial charge in [-0.2, -0.15) is 0 Å². The Morgan fingerprint density at radius 1 is 0.972 bits per heavy atom. The number of hydrogen-bond acceptors (Lipinski definition) is 6. The number of carbonyl (C=O) groups excluding carboxylic acids is 3. The third kappa shape index (κ3) is 3.53. The first kappa shape index (κ1) is 23.9. The molecule has 186 valence electrons. The van der Waals surface area contributed by atoms with Gasteiger partial charge in [0.25, 0.3) is 5.91 Å². The lowest BCUT2D eigenvalue weighted by atomic mass is 9.61. The van der Waals surface area contributed by atoms with E-state index < -0.39 is 46.6 Å². The van der Waals surface area contributed by atoms with Crippen LogP contribution in [-0.4, -0.2) is 32.8 Å². The Hall–Kier alpha value is -3.87. The van der Waals surface area contributed by atoms with E-state index >= 15 is 0 Å². The normalized spacial score (nSPS) is 23.8. The molecule has 0 saturated heterocycles. The fraction of sp³-hybridized carbons (Fsp3) is 0.345. The van der Waals surface area contributed by atoms with Crippen molar-refractivity contribution in [2.45, 2.75) is 45.4 Å². The molecule has 3 atom stereocenters. The van der Waals surface area contributed by atoms with Crippen molar-refractivity contribution < 1.29 is 29.7 Å². The number of aliphatic hydroxyl groups excluding tert-OH is 2. The summed E-state index contributed by atoms with van der Waals surface area (Å²) in [6, 6.07) is 11.5. The number of rotatable bonds is 2. The zero-order valence-corrected chi connectivity index (χ0v) is 20.5. The average molecular weight is 488 g/mol. The Labute approximate surface area is 209 Å². The van der Waals surface area contributed by atoms with Crippen LogP contribution in [0, 0.1) is 17.8 Å². The molecule has 3 aliphatic rings. The quantitative estimate of drug-likeness (QED) is 0.467. The Bertz CT molecular complexity index is 1390. The number of primary amides is 1. The summed E-state index contributed by atoms with van der Waals surface area (Å²) in [5.41, 5.74) is 8.74. The number of allylic oxidation sites excluding steroid dienone is 2. The van der Waals surface area contributed by atoms with Crippen molar-refractivity contribution in [2.24, 2.45) is 23.5 Å². The Morgan fingerprint density at radius 3 is 2.25 bits per heavy atom. The van der Waals surface area contributed by atoms with Crippen LogP contribution in [0.15, 0.2) is 53.3 Å². The van der Waals surface area contributed by atoms with E-state index in [1.807, 2.05) is 18.2 Å². The van der Waals surface area contributed by atoms with E-state index in [1.54, 1.807) is 0 Å². The summed E-state index contributed by atoms with van der Waals surface area (Å²) in [5, 5.41) is 32.6. The van der Waals surface area contributed by atoms with Crippen LogP contribution in [0.1, 0.15) is 50.3 Å². The first-order valence-electron chi connectivity index (χ1n) is 12.1. The summed E-state index contributed by atoms with van der Waals surface area (Å²) < 4.78 is 0. The summed E-state index contributed by atoms with van der Waals surface area (Å²) in [6.45, 7) is 6.41. The van der Waals surface area contributed by atoms with Crippen LogP contribution in [-0.2, 0) is 26.2 Å². The van der Waals surface area contributed by atoms with Crippen molar-refractivity contribution in [3.63, 3.8) is 0 Å². The molecule has 1 unspecified atom stereocenters. The second-order valence-corrected chi connectivity index (χ2v) is 11.1. The highest BCUT2D eigenvalue weighted by molar-refractivity contribution is 6.21. The van der Waals surface area contributed by atoms with Crippen LogP contribution < -0.4 is 5.73 Å². The fourth-order valence-corrected chi connectivity index (χ4v) is 6.06. The molecule has 3 aliphatic carbocycles. The minimum atomic E-state index is -1.12. The zero-order chi connectivity index (χ0) is 26.1. The van der Waals surface area contributed by atoms with Gasteiger partial charge in [0, 0.05) is 12.0 Å². The van der Waals surface area contributed by atoms with Crippen LogP contribution in [0.2, 0.25) is 0 Å². The number of benzene rings is 2. The standard InChI is InChI=1S/C29H29NO6/c1-29(2,3)16-6-4-13(5-7-16)17-8-9-19(31)23-18(17)11-14-10-15-12-20(32)24(28(30)36)27(35)22(15)25(33)21(14)26(23)34/h4-9,14-15,22,31,34-35H,10-12H2,1-3H3,(H2,30,36)/t14-,15+,22?/m1/s1. The first-order valence-corrected chi connectivity index (χ1v) is 12.1. The predicted molar refractivity (Wildman–Crippen MR) is 134 cm³/mol. The molecule has 1 fully saturated rings. The average Bonchev–Trinajstić information content (AvgIpc) is 2.78. The molecule has 5 rings (SSSR count). The molecule has 0 heterocycles. The minimum Gasteiger partial charge on any atom is -0.511 e. The number of carbonyl (C=O) groups is 3. The van der Waals surface area contributed by atoms with E-state index in [4.69, 9.17) is 5.73 Å². The number of amides is 1. The molecule has 2 aromatic carbocycles. The molecule has 7 heteroatoms. The van der Waals surface area contributed by atoms with Crippen molar-refractivity contribution in [3.05, 3.63) is 70.0 Å². The number of Topliss-reactive ketones (excluding diaryl/α,β-unsaturated/α-hetero) is 2. The van der Waals surface area contributed by atoms with Gasteiger partial charge in [-0.15, -0.1) is 0 Å². The van der Waals surface area contributed by atoms with Crippen LogP contribution in [0.3, 0.4) is 0 Å². The first-order chi connectivity index (χ1) is 16.9. The number of aliphatic hydroxyl groups is 2. The molecule has 36 heavy (non-hydrogen) atoms. The highest BCUT2D eigenvalue weighted by atomic mass is 16.3. The summed E-state index contributed by atoms with van der Waals surface area (Å²) in [7, 11) is 0. The van der Waals surface area contributed by atoms with Gasteiger partial charge in [-0.25, -0.2) is 0 Å². The topological polar surface area (TPSA) is 138 Å². The minimum absolute atomic E-state index is 0.00631. The van der Waals surface area contributed by atoms with E-state index in [9.17, 15) is 29.7 Å². The molecule has 1 amide bonds. The van der Waals surface area contributed by atoms with E-state index in [0.29, 0.717) is 12.8 Å². The number of hydrogen-bond donors (Lipinski definition) is 4. The third-order valence-electron chi connectivity index (χ3n) is 7.83. The molecule has 0 bridgehead atoms. The van der Waals surface area contributed by atoms with E-state index in [2.05, 4.69) is 32.9 Å². The van der Waals surface area contributed by atoms with Gasteiger partial charge >= 0.3 is 0 Å². The maximum Gasteiger partial charge on any atom is 0.255 e. The monoisotopic (exact) mass is 487 g/mol. The number of aromatic hydroxyl groups is 1. The Kier molecular flexibility index (Phi) is 5.36. The lowest BCUT2D eigenvalue weighted by Crippen LogP contribution is -2.44. The lowest BCUT2D eigenvalue weighted by molar-refractivity contribution is -0.127. The van der Waals surface area contributed by atoms with Gasteiger partial charge in [0.15, 0.2) is 11.6 Å². The third-order valence-corrected chi connectivity index (χ3v) is 7.83. The van der Waals surface area contributed by atoms with Gasteiger partial charge in [0.05, 0.1) is 11.5 Å². The van der Waals surface area contributed by atoms with Gasteiger partial charge in [-0.3, -0.25) is 14.4 Å². The van der Waals surface area contributed by atoms with Gasteiger partial charge in [-0.05, 0) is 58.4 Å². The number of phenols is 1. The van der Waals surface area contributed by atoms with Crippen LogP contribution >= 0.6 is 0 Å². The molecule has 0 spiro atoms. The van der Waals surface area contributed by atoms with Crippen molar-refractivity contribution in [1.82, 2.24) is 0 Å². The molecule has 0 aromatic heterocycles. The fourth-order valence-electron chi connectivity index (χ4n) is 6.06. The molecule has 2 aromatic rings. The summed E-state index contributed by atoms with van der Waals surface area (Å²) in [6.07, 6.45) is 0.683. The summed E-state index contributed by atoms with van der Waals surface area (Å²) in [4.78, 5) is 37.8. The molecule has 7 nitrogen and oxygen atoms in total. The number of fused-ring (bicyclic) bond motifs is 3. The Balaban J connectivity index is 1.63. The van der Waals surface area contributed by atoms with Gasteiger partial charge < -0.3 is 21.1 Å². The lowest BCUT2D eigenvalue weighted by Gasteiger charge is -2.41. The van der Waals surface area contributed by atoms with Crippen LogP contribution in [0.5, 0.6) is 5.75 Å². The van der Waals surface area contributed by atoms with Crippen LogP contribution in [0.4, 0.5) is 0 Å². The van der Waals surface area contributed by atoms with Crippen molar-refractivity contribution >= 4 is 23.2 Å². The van der Waals surface area contributed by atoms with E-state index in [-0.39, 0.29) is 34.5 Å². The molecule has 5 N–H and O–H groups in total. The SMILES string of the molecule is CC(C)(C)c1ccc(-c2ccc(O)c3c2C[C@H]2C[C@H]4CC(=O)C(C(N)=O)=C(O)C4C(=O)C2=C3O)cc1. The van der Waals surface area contributed by atoms with Crippen molar-refractivity contribution in [1.29, 1.82) is 0 Å². The summed E-state index contributed by atoms with van der Waals surface area (Å²) in [5.74, 6) is -5.26. The van der Waals surface area contributed by atoms with Gasteiger partial charge in [0.1, 0.15) is 22.8 Å². The maximum atomic E-state index is 13.5. The smallest absolute Gasteiger partial charge is 0.255 e. The summed E-state index contributed by atoms with van der Waals surface area (Å²) >= 11 is 0. The van der Waals surface area contributed by atoms with E-state index in [0.717, 1.165) is 16.7 Å². The Morgan fingerprint density at radius 2 is 1.64 bits per heavy atom. The number of ketones is 2. The van der Waals surface area contributed by atoms with Crippen LogP contribution in [0.25, 0.3) is 16.9 Å². The molecular formula is C29H29NO6. The largest absolute Gasteiger partial charge is 0.511 e. The van der Waals surface area contributed by atoms with Crippen molar-refractivity contribution in [2.75, 3.05) is 0 Å². The number of nitrogens with two attached hydrogens (primary N) is 1. The number of phenolic OH excluding ortho intramolecular Hbond substituents is 1. The predicted octanol–water partition coefficient (Wildman–Crippen LogP) is 4.27. The highest BCUT2D eigenvalue weighted by Crippen LogP contribution is 2.51. The molecule has 1 saturated carbocycles. The maximum absolute atomic E-state index is 13.5. The van der Waals surface area contributed by atoms with E-state index in [1.165, 1.54) is 11.6 Å². The second-order valence-electron chi connectivity index (χ2n) is 11.1. The molecule has 0 radical (unpaired) electrons. The molecule has 0 aliphatic heterocycles. The molecular weight excluding hydrogens is 458 g/mol. The zero-order valence-electron chi connectivity index (χ0n) is 20.5. The van der Waals surface area contributed by atoms with Gasteiger partial charge in [0.2, 0.25) is 0 Å². The van der Waals surface area contributed by atoms with Gasteiger partial charge in [-0.1, -0.05) is 51.1 Å². The second kappa shape index (κ2) is 8.08.